The first-order valence-corrected chi connectivity index (χ1v) is 9.87. The van der Waals surface area contributed by atoms with Crippen LogP contribution in [0.2, 0.25) is 0 Å². The van der Waals surface area contributed by atoms with Gasteiger partial charge in [0.25, 0.3) is 5.91 Å². The van der Waals surface area contributed by atoms with E-state index in [1.54, 1.807) is 24.3 Å². The lowest BCUT2D eigenvalue weighted by Crippen LogP contribution is -2.17. The molecule has 0 fully saturated rings. The summed E-state index contributed by atoms with van der Waals surface area (Å²) >= 11 is 0.889. The Morgan fingerprint density at radius 2 is 1.83 bits per heavy atom. The molecule has 2 heterocycles. The van der Waals surface area contributed by atoms with Crippen LogP contribution in [0, 0.1) is 0 Å². The predicted molar refractivity (Wildman–Crippen MR) is 107 cm³/mol. The molecule has 3 N–H and O–H groups in total. The van der Waals surface area contributed by atoms with Crippen LogP contribution in [-0.2, 0) is 19.0 Å². The zero-order chi connectivity index (χ0) is 20.8. The van der Waals surface area contributed by atoms with E-state index < -0.39 is 17.8 Å². The number of methoxy groups -OCH3 is 1. The zero-order valence-corrected chi connectivity index (χ0v) is 16.3. The van der Waals surface area contributed by atoms with Gasteiger partial charge < -0.3 is 15.8 Å². The molecular formula is C20H18F3N3O2S. The number of anilines is 2. The van der Waals surface area contributed by atoms with Crippen LogP contribution in [0.4, 0.5) is 24.5 Å². The first-order chi connectivity index (χ1) is 13.8. The average Bonchev–Trinajstić information content (AvgIpc) is 3.04. The van der Waals surface area contributed by atoms with Crippen LogP contribution in [0.5, 0.6) is 5.75 Å². The van der Waals surface area contributed by atoms with Crippen molar-refractivity contribution in [1.82, 2.24) is 4.98 Å². The normalized spacial score (nSPS) is 13.9. The first kappa shape index (κ1) is 19.5. The molecule has 3 aromatic rings. The van der Waals surface area contributed by atoms with E-state index in [1.807, 2.05) is 0 Å². The maximum Gasteiger partial charge on any atom is 0.433 e. The molecule has 1 aliphatic rings. The van der Waals surface area contributed by atoms with Gasteiger partial charge in [-0.15, -0.1) is 11.3 Å². The fraction of sp³-hybridized carbons (Fsp3) is 0.300. The fourth-order valence-corrected chi connectivity index (χ4v) is 4.70. The van der Waals surface area contributed by atoms with Gasteiger partial charge in [-0.25, -0.2) is 4.98 Å². The van der Waals surface area contributed by atoms with E-state index >= 15 is 0 Å². The minimum atomic E-state index is -4.54. The molecule has 1 aromatic carbocycles. The van der Waals surface area contributed by atoms with Crippen molar-refractivity contribution in [2.45, 2.75) is 31.9 Å². The Labute approximate surface area is 168 Å². The Kier molecular flexibility index (Phi) is 4.85. The van der Waals surface area contributed by atoms with Gasteiger partial charge in [0, 0.05) is 11.1 Å². The monoisotopic (exact) mass is 421 g/mol. The maximum absolute atomic E-state index is 13.5. The highest BCUT2D eigenvalue weighted by Gasteiger charge is 2.38. The number of carbonyl (C=O) groups is 1. The van der Waals surface area contributed by atoms with Crippen LogP contribution in [0.25, 0.3) is 10.2 Å². The Morgan fingerprint density at radius 3 is 2.45 bits per heavy atom. The van der Waals surface area contributed by atoms with Gasteiger partial charge in [0.1, 0.15) is 21.2 Å². The molecule has 1 aliphatic carbocycles. The number of fused-ring (bicyclic) bond motifs is 3. The number of halogens is 3. The lowest BCUT2D eigenvalue weighted by atomic mass is 9.88. The van der Waals surface area contributed by atoms with Crippen LogP contribution < -0.4 is 15.8 Å². The number of carbonyl (C=O) groups excluding carboxylic acids is 1. The Balaban J connectivity index is 1.78. The summed E-state index contributed by atoms with van der Waals surface area (Å²) in [5, 5.41) is 3.21. The summed E-state index contributed by atoms with van der Waals surface area (Å²) in [6.45, 7) is 0. The minimum Gasteiger partial charge on any atom is -0.497 e. The van der Waals surface area contributed by atoms with Crippen molar-refractivity contribution in [1.29, 1.82) is 0 Å². The fourth-order valence-electron chi connectivity index (χ4n) is 3.68. The minimum absolute atomic E-state index is 0.148. The number of aromatic nitrogens is 1. The van der Waals surface area contributed by atoms with E-state index in [1.165, 1.54) is 7.11 Å². The van der Waals surface area contributed by atoms with Gasteiger partial charge in [-0.2, -0.15) is 13.2 Å². The van der Waals surface area contributed by atoms with Crippen molar-refractivity contribution in [3.05, 3.63) is 46.0 Å². The molecular weight excluding hydrogens is 403 g/mol. The Morgan fingerprint density at radius 1 is 1.17 bits per heavy atom. The van der Waals surface area contributed by atoms with Crippen molar-refractivity contribution < 1.29 is 22.7 Å². The molecule has 0 atom stereocenters. The van der Waals surface area contributed by atoms with Gasteiger partial charge >= 0.3 is 6.18 Å². The number of pyridine rings is 1. The molecule has 0 radical (unpaired) electrons. The van der Waals surface area contributed by atoms with Crippen molar-refractivity contribution in [3.63, 3.8) is 0 Å². The summed E-state index contributed by atoms with van der Waals surface area (Å²) in [6.07, 6.45) is -2.27. The third-order valence-electron chi connectivity index (χ3n) is 5.02. The first-order valence-electron chi connectivity index (χ1n) is 9.06. The lowest BCUT2D eigenvalue weighted by Gasteiger charge is -2.21. The lowest BCUT2D eigenvalue weighted by molar-refractivity contribution is -0.141. The molecule has 5 nitrogen and oxygen atoms in total. The number of alkyl halides is 3. The van der Waals surface area contributed by atoms with Gasteiger partial charge in [-0.05, 0) is 61.1 Å². The number of amides is 1. The van der Waals surface area contributed by atoms with Crippen LogP contribution in [0.15, 0.2) is 24.3 Å². The number of rotatable bonds is 3. The number of hydrogen-bond acceptors (Lipinski definition) is 5. The van der Waals surface area contributed by atoms with Gasteiger partial charge in [0.15, 0.2) is 0 Å². The van der Waals surface area contributed by atoms with Crippen LogP contribution in [0.1, 0.15) is 39.3 Å². The van der Waals surface area contributed by atoms with Crippen LogP contribution in [-0.4, -0.2) is 18.0 Å². The number of nitrogen functional groups attached to an aromatic ring is 1. The second kappa shape index (κ2) is 7.22. The second-order valence-corrected chi connectivity index (χ2v) is 7.83. The highest BCUT2D eigenvalue weighted by molar-refractivity contribution is 7.21. The summed E-state index contributed by atoms with van der Waals surface area (Å²) < 4.78 is 45.7. The third-order valence-corrected chi connectivity index (χ3v) is 6.12. The van der Waals surface area contributed by atoms with Gasteiger partial charge in [-0.3, -0.25) is 4.79 Å². The van der Waals surface area contributed by atoms with Crippen LogP contribution >= 0.6 is 11.3 Å². The number of hydrogen-bond donors (Lipinski definition) is 2. The highest BCUT2D eigenvalue weighted by atomic mass is 32.1. The smallest absolute Gasteiger partial charge is 0.433 e. The van der Waals surface area contributed by atoms with E-state index in [0.717, 1.165) is 17.8 Å². The van der Waals surface area contributed by atoms with Crippen molar-refractivity contribution >= 4 is 38.8 Å². The molecule has 4 rings (SSSR count). The largest absolute Gasteiger partial charge is 0.497 e. The summed E-state index contributed by atoms with van der Waals surface area (Å²) in [5.41, 5.74) is 6.87. The van der Waals surface area contributed by atoms with E-state index in [4.69, 9.17) is 10.5 Å². The molecule has 29 heavy (non-hydrogen) atoms. The molecule has 0 bridgehead atoms. The maximum atomic E-state index is 13.5. The van der Waals surface area contributed by atoms with E-state index in [2.05, 4.69) is 10.3 Å². The molecule has 0 saturated heterocycles. The summed E-state index contributed by atoms with van der Waals surface area (Å²) in [4.78, 5) is 16.9. The van der Waals surface area contributed by atoms with E-state index in [9.17, 15) is 18.0 Å². The molecule has 1 amide bonds. The average molecular weight is 421 g/mol. The topological polar surface area (TPSA) is 77.2 Å². The highest BCUT2D eigenvalue weighted by Crippen LogP contribution is 2.43. The molecule has 0 spiro atoms. The molecule has 9 heteroatoms. The van der Waals surface area contributed by atoms with Gasteiger partial charge in [0.2, 0.25) is 0 Å². The number of nitrogens with two attached hydrogens (primary N) is 1. The number of benzene rings is 1. The molecule has 2 aromatic heterocycles. The molecule has 152 valence electrons. The van der Waals surface area contributed by atoms with E-state index in [0.29, 0.717) is 41.6 Å². The molecule has 0 unspecified atom stereocenters. The number of ether oxygens (including phenoxy) is 1. The predicted octanol–water partition coefficient (Wildman–Crippen LogP) is 5.04. The van der Waals surface area contributed by atoms with Crippen molar-refractivity contribution in [2.24, 2.45) is 0 Å². The van der Waals surface area contributed by atoms with Gasteiger partial charge in [0.05, 0.1) is 12.8 Å². The number of nitrogens with zero attached hydrogens (tertiary/aromatic N) is 1. The number of aryl methyl sites for hydroxylation is 1. The third kappa shape index (κ3) is 3.50. The Bertz CT molecular complexity index is 1090. The van der Waals surface area contributed by atoms with Crippen molar-refractivity contribution in [2.75, 3.05) is 18.2 Å². The molecule has 0 aliphatic heterocycles. The second-order valence-electron chi connectivity index (χ2n) is 6.83. The summed E-state index contributed by atoms with van der Waals surface area (Å²) in [5.74, 6) is 0.161. The van der Waals surface area contributed by atoms with Crippen LogP contribution in [0.3, 0.4) is 0 Å². The standard InChI is InChI=1S/C20H18F3N3O2S/c1-28-11-8-6-10(7-9-11)25-18(27)16-15(24)14-12-4-2-3-5-13(12)17(20(21,22)23)26-19(14)29-16/h6-9H,2-5,24H2,1H3,(H,25,27). The zero-order valence-electron chi connectivity index (χ0n) is 15.5. The van der Waals surface area contributed by atoms with Crippen molar-refractivity contribution in [3.8, 4) is 5.75 Å². The number of nitrogens with one attached hydrogen (secondary N) is 1. The van der Waals surface area contributed by atoms with E-state index in [-0.39, 0.29) is 21.0 Å². The Hall–Kier alpha value is -2.81. The summed E-state index contributed by atoms with van der Waals surface area (Å²) in [6, 6.07) is 6.72. The SMILES string of the molecule is COc1ccc(NC(=O)c2sc3nc(C(F)(F)F)c4c(c3c2N)CCCC4)cc1. The number of thiophene rings is 1. The molecule has 0 saturated carbocycles. The quantitative estimate of drug-likeness (QED) is 0.621. The summed E-state index contributed by atoms with van der Waals surface area (Å²) in [7, 11) is 1.54. The van der Waals surface area contributed by atoms with Gasteiger partial charge in [-0.1, -0.05) is 0 Å².